The molecule has 1 N–H and O–H groups in total. The van der Waals surface area contributed by atoms with Gasteiger partial charge in [0.2, 0.25) is 0 Å². The Balaban J connectivity index is 1.38. The highest BCUT2D eigenvalue weighted by Gasteiger charge is 2.54. The number of aryl methyl sites for hydroxylation is 1. The SMILES string of the molecule is Cn1nccc1-c1cc(=O)n(CC2(O)CCN(Cc3ccccc3)CC23CCCC3)cn1. The summed E-state index contributed by atoms with van der Waals surface area (Å²) >= 11 is 0. The molecule has 2 aliphatic rings. The van der Waals surface area contributed by atoms with Crippen molar-refractivity contribution in [2.24, 2.45) is 12.5 Å². The maximum atomic E-state index is 12.9. The van der Waals surface area contributed by atoms with Gasteiger partial charge in [-0.2, -0.15) is 5.10 Å². The Morgan fingerprint density at radius 2 is 1.88 bits per heavy atom. The number of aromatic nitrogens is 4. The largest absolute Gasteiger partial charge is 0.387 e. The molecule has 0 radical (unpaired) electrons. The number of nitrogens with zero attached hydrogens (tertiary/aromatic N) is 5. The van der Waals surface area contributed by atoms with E-state index < -0.39 is 5.60 Å². The molecule has 7 nitrogen and oxygen atoms in total. The van der Waals surface area contributed by atoms with Gasteiger partial charge in [-0.3, -0.25) is 18.9 Å². The average Bonchev–Trinajstić information content (AvgIpc) is 3.43. The number of hydrogen-bond acceptors (Lipinski definition) is 5. The van der Waals surface area contributed by atoms with Crippen LogP contribution in [-0.2, 0) is 20.1 Å². The molecule has 168 valence electrons. The van der Waals surface area contributed by atoms with Crippen molar-refractivity contribution in [3.8, 4) is 11.4 Å². The van der Waals surface area contributed by atoms with Crippen LogP contribution in [0.2, 0.25) is 0 Å². The normalized spacial score (nSPS) is 23.1. The van der Waals surface area contributed by atoms with Crippen LogP contribution in [0.5, 0.6) is 0 Å². The quantitative estimate of drug-likeness (QED) is 0.670. The summed E-state index contributed by atoms with van der Waals surface area (Å²) in [5.41, 5.74) is 1.49. The molecule has 5 rings (SSSR count). The monoisotopic (exact) mass is 433 g/mol. The van der Waals surface area contributed by atoms with Crippen molar-refractivity contribution < 1.29 is 5.11 Å². The third-order valence-electron chi connectivity index (χ3n) is 7.56. The maximum absolute atomic E-state index is 12.9. The van der Waals surface area contributed by atoms with Gasteiger partial charge >= 0.3 is 0 Å². The van der Waals surface area contributed by atoms with Crippen molar-refractivity contribution in [3.63, 3.8) is 0 Å². The lowest BCUT2D eigenvalue weighted by molar-refractivity contribution is -0.144. The summed E-state index contributed by atoms with van der Waals surface area (Å²) in [6.07, 6.45) is 8.21. The zero-order valence-corrected chi connectivity index (χ0v) is 18.7. The van der Waals surface area contributed by atoms with E-state index in [1.807, 2.05) is 19.2 Å². The van der Waals surface area contributed by atoms with E-state index in [4.69, 9.17) is 0 Å². The van der Waals surface area contributed by atoms with Crippen LogP contribution < -0.4 is 5.56 Å². The molecule has 1 saturated heterocycles. The minimum absolute atomic E-state index is 0.135. The van der Waals surface area contributed by atoms with Crippen molar-refractivity contribution in [1.82, 2.24) is 24.2 Å². The molecule has 32 heavy (non-hydrogen) atoms. The summed E-state index contributed by atoms with van der Waals surface area (Å²) in [6.45, 7) is 2.89. The molecule has 0 amide bonds. The third-order valence-corrected chi connectivity index (χ3v) is 7.56. The van der Waals surface area contributed by atoms with Crippen LogP contribution in [0.25, 0.3) is 11.4 Å². The third kappa shape index (κ3) is 3.80. The number of aliphatic hydroxyl groups is 1. The standard InChI is InChI=1S/C25H31N5O2/c1-28-22(9-13-27-28)21-15-23(31)30(19-26-21)18-25(32)12-14-29(16-20-7-3-2-4-8-20)17-24(25)10-5-6-11-24/h2-4,7-9,13,15,19,32H,5-6,10-12,14,16-18H2,1H3. The number of likely N-dealkylation sites (tertiary alicyclic amines) is 1. The second-order valence-corrected chi connectivity index (χ2v) is 9.55. The second kappa shape index (κ2) is 8.30. The number of piperidine rings is 1. The van der Waals surface area contributed by atoms with E-state index in [9.17, 15) is 9.90 Å². The first kappa shape index (κ1) is 21.1. The minimum Gasteiger partial charge on any atom is -0.387 e. The van der Waals surface area contributed by atoms with Crippen molar-refractivity contribution in [2.75, 3.05) is 13.1 Å². The fourth-order valence-electron chi connectivity index (χ4n) is 5.75. The molecule has 1 atom stereocenters. The van der Waals surface area contributed by atoms with E-state index in [1.54, 1.807) is 27.8 Å². The Morgan fingerprint density at radius 1 is 1.09 bits per heavy atom. The highest BCUT2D eigenvalue weighted by atomic mass is 16.3. The number of hydrogen-bond donors (Lipinski definition) is 1. The molecular formula is C25H31N5O2. The lowest BCUT2D eigenvalue weighted by atomic mass is 9.66. The smallest absolute Gasteiger partial charge is 0.254 e. The van der Waals surface area contributed by atoms with Crippen molar-refractivity contribution in [1.29, 1.82) is 0 Å². The Labute approximate surface area is 188 Å². The summed E-state index contributed by atoms with van der Waals surface area (Å²) in [5, 5.41) is 16.1. The van der Waals surface area contributed by atoms with Crippen LogP contribution in [0.15, 0.2) is 59.8 Å². The van der Waals surface area contributed by atoms with E-state index in [2.05, 4.69) is 39.2 Å². The van der Waals surface area contributed by atoms with Crippen LogP contribution in [0.3, 0.4) is 0 Å². The number of benzene rings is 1. The van der Waals surface area contributed by atoms with Crippen LogP contribution in [0.4, 0.5) is 0 Å². The first-order valence-electron chi connectivity index (χ1n) is 11.5. The van der Waals surface area contributed by atoms with E-state index in [-0.39, 0.29) is 11.0 Å². The Hall–Kier alpha value is -2.77. The summed E-state index contributed by atoms with van der Waals surface area (Å²) in [7, 11) is 1.83. The minimum atomic E-state index is -0.907. The number of rotatable bonds is 5. The van der Waals surface area contributed by atoms with E-state index >= 15 is 0 Å². The zero-order valence-electron chi connectivity index (χ0n) is 18.7. The van der Waals surface area contributed by atoms with Gasteiger partial charge in [0, 0.05) is 44.4 Å². The van der Waals surface area contributed by atoms with E-state index in [1.165, 1.54) is 5.56 Å². The Kier molecular flexibility index (Phi) is 5.47. The van der Waals surface area contributed by atoms with Crippen LogP contribution in [0.1, 0.15) is 37.7 Å². The van der Waals surface area contributed by atoms with E-state index in [0.29, 0.717) is 18.7 Å². The van der Waals surface area contributed by atoms with Gasteiger partial charge in [0.1, 0.15) is 0 Å². The lowest BCUT2D eigenvalue weighted by Crippen LogP contribution is -2.61. The molecule has 1 unspecified atom stereocenters. The Morgan fingerprint density at radius 3 is 2.56 bits per heavy atom. The lowest BCUT2D eigenvalue weighted by Gasteiger charge is -2.52. The summed E-state index contributed by atoms with van der Waals surface area (Å²) in [4.78, 5) is 19.9. The predicted octanol–water partition coefficient (Wildman–Crippen LogP) is 2.84. The summed E-state index contributed by atoms with van der Waals surface area (Å²) < 4.78 is 3.29. The molecule has 2 fully saturated rings. The van der Waals surface area contributed by atoms with Gasteiger partial charge in [0.15, 0.2) is 0 Å². The highest BCUT2D eigenvalue weighted by Crippen LogP contribution is 2.51. The molecule has 1 saturated carbocycles. The fraction of sp³-hybridized carbons (Fsp3) is 0.480. The second-order valence-electron chi connectivity index (χ2n) is 9.55. The van der Waals surface area contributed by atoms with Gasteiger partial charge in [-0.1, -0.05) is 43.2 Å². The van der Waals surface area contributed by atoms with Gasteiger partial charge in [-0.25, -0.2) is 4.98 Å². The topological polar surface area (TPSA) is 76.2 Å². The molecule has 2 aromatic heterocycles. The van der Waals surface area contributed by atoms with Gasteiger partial charge in [0.05, 0.1) is 29.9 Å². The molecule has 3 heterocycles. The molecule has 3 aromatic rings. The van der Waals surface area contributed by atoms with Crippen molar-refractivity contribution in [3.05, 3.63) is 70.9 Å². The molecule has 0 bridgehead atoms. The van der Waals surface area contributed by atoms with Crippen molar-refractivity contribution >= 4 is 0 Å². The van der Waals surface area contributed by atoms with Crippen molar-refractivity contribution in [2.45, 2.75) is 50.8 Å². The van der Waals surface area contributed by atoms with Gasteiger partial charge in [-0.15, -0.1) is 0 Å². The van der Waals surface area contributed by atoms with Gasteiger partial charge in [-0.05, 0) is 30.9 Å². The summed E-state index contributed by atoms with van der Waals surface area (Å²) in [5.74, 6) is 0. The average molecular weight is 434 g/mol. The van der Waals surface area contributed by atoms with Gasteiger partial charge < -0.3 is 5.11 Å². The van der Waals surface area contributed by atoms with Crippen LogP contribution >= 0.6 is 0 Å². The van der Waals surface area contributed by atoms with Crippen LogP contribution in [-0.4, -0.2) is 48.0 Å². The van der Waals surface area contributed by atoms with E-state index in [0.717, 1.165) is 51.0 Å². The summed E-state index contributed by atoms with van der Waals surface area (Å²) in [6, 6.07) is 13.9. The first-order chi connectivity index (χ1) is 15.5. The molecule has 1 spiro atoms. The maximum Gasteiger partial charge on any atom is 0.254 e. The molecule has 7 heteroatoms. The first-order valence-corrected chi connectivity index (χ1v) is 11.5. The predicted molar refractivity (Wildman–Crippen MR) is 123 cm³/mol. The van der Waals surface area contributed by atoms with Crippen LogP contribution in [0, 0.1) is 5.41 Å². The highest BCUT2D eigenvalue weighted by molar-refractivity contribution is 5.52. The fourth-order valence-corrected chi connectivity index (χ4v) is 5.75. The molecule has 1 aliphatic carbocycles. The molecule has 1 aliphatic heterocycles. The zero-order chi connectivity index (χ0) is 22.2. The Bertz CT molecular complexity index is 1130. The molecule has 1 aromatic carbocycles. The molecular weight excluding hydrogens is 402 g/mol. The van der Waals surface area contributed by atoms with Gasteiger partial charge in [0.25, 0.3) is 5.56 Å².